The number of ether oxygens (including phenoxy) is 1. The number of nitrogens with one attached hydrogen (secondary N) is 1. The zero-order valence-corrected chi connectivity index (χ0v) is 12.5. The second-order valence-corrected chi connectivity index (χ2v) is 5.27. The Morgan fingerprint density at radius 3 is 2.73 bits per heavy atom. The van der Waals surface area contributed by atoms with E-state index in [0.29, 0.717) is 5.56 Å². The largest absolute Gasteiger partial charge is 0.426 e. The van der Waals surface area contributed by atoms with Crippen molar-refractivity contribution in [2.75, 3.05) is 5.32 Å². The van der Waals surface area contributed by atoms with E-state index in [1.807, 2.05) is 0 Å². The Morgan fingerprint density at radius 1 is 1.41 bits per heavy atom. The van der Waals surface area contributed by atoms with E-state index in [-0.39, 0.29) is 21.4 Å². The van der Waals surface area contributed by atoms with Crippen molar-refractivity contribution in [2.24, 2.45) is 0 Å². The van der Waals surface area contributed by atoms with Crippen molar-refractivity contribution in [3.63, 3.8) is 0 Å². The molecule has 1 amide bonds. The number of thiazole rings is 1. The third kappa shape index (κ3) is 3.44. The predicted octanol–water partition coefficient (Wildman–Crippen LogP) is 2.54. The summed E-state index contributed by atoms with van der Waals surface area (Å²) in [5.74, 6) is -0.962. The van der Waals surface area contributed by atoms with Crippen molar-refractivity contribution in [1.29, 1.82) is 0 Å². The van der Waals surface area contributed by atoms with E-state index >= 15 is 0 Å². The summed E-state index contributed by atoms with van der Waals surface area (Å²) in [5, 5.41) is 13.0. The summed E-state index contributed by atoms with van der Waals surface area (Å²) in [7, 11) is 0. The molecule has 0 unspecified atom stereocenters. The lowest BCUT2D eigenvalue weighted by Crippen LogP contribution is -2.15. The van der Waals surface area contributed by atoms with Crippen molar-refractivity contribution >= 4 is 33.3 Å². The molecule has 1 N–H and O–H groups in total. The summed E-state index contributed by atoms with van der Waals surface area (Å²) in [5.41, 5.74) is 0.765. The number of hydrogen-bond donors (Lipinski definition) is 1. The monoisotopic (exact) mass is 321 g/mol. The molecule has 114 valence electrons. The predicted molar refractivity (Wildman–Crippen MR) is 79.2 cm³/mol. The van der Waals surface area contributed by atoms with Crippen LogP contribution in [0.2, 0.25) is 0 Å². The molecular formula is C13H11N3O5S. The van der Waals surface area contributed by atoms with Crippen LogP contribution in [0.15, 0.2) is 24.4 Å². The Bertz CT molecular complexity index is 756. The first-order valence-electron chi connectivity index (χ1n) is 6.08. The van der Waals surface area contributed by atoms with Gasteiger partial charge in [-0.05, 0) is 29.9 Å². The number of aromatic nitrogens is 1. The molecule has 0 fully saturated rings. The Balaban J connectivity index is 2.27. The van der Waals surface area contributed by atoms with Gasteiger partial charge >= 0.3 is 11.0 Å². The molecule has 0 aliphatic carbocycles. The van der Waals surface area contributed by atoms with E-state index in [1.165, 1.54) is 13.0 Å². The van der Waals surface area contributed by atoms with E-state index in [9.17, 15) is 19.7 Å². The Kier molecular flexibility index (Phi) is 4.47. The SMILES string of the molecule is CC(=O)Oc1c(C)cccc1C(=O)Nc1ncc([N+](=O)[O-])s1. The van der Waals surface area contributed by atoms with Crippen LogP contribution >= 0.6 is 11.3 Å². The summed E-state index contributed by atoms with van der Waals surface area (Å²) in [6.07, 6.45) is 1.06. The topological polar surface area (TPSA) is 111 Å². The van der Waals surface area contributed by atoms with Crippen LogP contribution in [0.25, 0.3) is 0 Å². The zero-order valence-electron chi connectivity index (χ0n) is 11.7. The quantitative estimate of drug-likeness (QED) is 0.401. The van der Waals surface area contributed by atoms with E-state index in [1.54, 1.807) is 19.1 Å². The van der Waals surface area contributed by atoms with Gasteiger partial charge in [-0.25, -0.2) is 4.98 Å². The van der Waals surface area contributed by atoms with Crippen molar-refractivity contribution < 1.29 is 19.2 Å². The van der Waals surface area contributed by atoms with Crippen molar-refractivity contribution in [2.45, 2.75) is 13.8 Å². The molecule has 0 radical (unpaired) electrons. The number of nitro groups is 1. The average molecular weight is 321 g/mol. The maximum absolute atomic E-state index is 12.2. The molecule has 22 heavy (non-hydrogen) atoms. The van der Waals surface area contributed by atoms with Gasteiger partial charge in [-0.3, -0.25) is 25.0 Å². The molecular weight excluding hydrogens is 310 g/mol. The number of hydrogen-bond acceptors (Lipinski definition) is 7. The summed E-state index contributed by atoms with van der Waals surface area (Å²) in [4.78, 5) is 37.1. The van der Waals surface area contributed by atoms with Crippen LogP contribution in [-0.2, 0) is 4.79 Å². The van der Waals surface area contributed by atoms with Gasteiger partial charge in [0, 0.05) is 6.92 Å². The molecule has 1 heterocycles. The van der Waals surface area contributed by atoms with Crippen LogP contribution in [0.5, 0.6) is 5.75 Å². The Labute approximate surface area is 128 Å². The number of para-hydroxylation sites is 1. The van der Waals surface area contributed by atoms with Gasteiger partial charge in [0.15, 0.2) is 5.13 Å². The van der Waals surface area contributed by atoms with Crippen molar-refractivity contribution in [1.82, 2.24) is 4.98 Å². The molecule has 2 aromatic rings. The number of carbonyl (C=O) groups excluding carboxylic acids is 2. The van der Waals surface area contributed by atoms with E-state index in [0.717, 1.165) is 17.5 Å². The molecule has 1 aromatic heterocycles. The number of esters is 1. The van der Waals surface area contributed by atoms with Gasteiger partial charge in [0.25, 0.3) is 5.91 Å². The minimum absolute atomic E-state index is 0.0898. The van der Waals surface area contributed by atoms with Crippen LogP contribution in [0.4, 0.5) is 10.1 Å². The second-order valence-electron chi connectivity index (χ2n) is 4.26. The molecule has 1 aromatic carbocycles. The summed E-state index contributed by atoms with van der Waals surface area (Å²) < 4.78 is 5.05. The first-order chi connectivity index (χ1) is 10.4. The smallest absolute Gasteiger partial charge is 0.345 e. The number of benzene rings is 1. The minimum atomic E-state index is -0.593. The molecule has 8 nitrogen and oxygen atoms in total. The lowest BCUT2D eigenvalue weighted by atomic mass is 10.1. The normalized spacial score (nSPS) is 10.1. The fourth-order valence-corrected chi connectivity index (χ4v) is 2.31. The second kappa shape index (κ2) is 6.31. The van der Waals surface area contributed by atoms with Crippen LogP contribution in [0, 0.1) is 17.0 Å². The number of anilines is 1. The van der Waals surface area contributed by atoms with Crippen LogP contribution in [0.1, 0.15) is 22.8 Å². The number of nitrogens with zero attached hydrogens (tertiary/aromatic N) is 2. The molecule has 0 saturated heterocycles. The molecule has 9 heteroatoms. The number of amides is 1. The molecule has 0 aliphatic heterocycles. The molecule has 0 atom stereocenters. The van der Waals surface area contributed by atoms with Gasteiger partial charge in [-0.15, -0.1) is 0 Å². The number of aryl methyl sites for hydroxylation is 1. The van der Waals surface area contributed by atoms with Gasteiger partial charge in [-0.2, -0.15) is 0 Å². The minimum Gasteiger partial charge on any atom is -0.426 e. The summed E-state index contributed by atoms with van der Waals surface area (Å²) in [6.45, 7) is 2.93. The summed E-state index contributed by atoms with van der Waals surface area (Å²) in [6, 6.07) is 4.83. The van der Waals surface area contributed by atoms with Crippen LogP contribution in [0.3, 0.4) is 0 Å². The van der Waals surface area contributed by atoms with Gasteiger partial charge in [0.2, 0.25) is 0 Å². The van der Waals surface area contributed by atoms with E-state index < -0.39 is 16.8 Å². The number of rotatable bonds is 4. The fraction of sp³-hybridized carbons (Fsp3) is 0.154. The molecule has 0 saturated carbocycles. The zero-order chi connectivity index (χ0) is 16.3. The molecule has 0 spiro atoms. The lowest BCUT2D eigenvalue weighted by Gasteiger charge is -2.10. The van der Waals surface area contributed by atoms with Gasteiger partial charge in [-0.1, -0.05) is 12.1 Å². The average Bonchev–Trinajstić information content (AvgIpc) is 2.89. The first-order valence-corrected chi connectivity index (χ1v) is 6.89. The van der Waals surface area contributed by atoms with Gasteiger partial charge in [0.1, 0.15) is 11.9 Å². The third-order valence-electron chi connectivity index (χ3n) is 2.60. The molecule has 0 bridgehead atoms. The molecule has 2 rings (SSSR count). The fourth-order valence-electron chi connectivity index (χ4n) is 1.68. The van der Waals surface area contributed by atoms with Gasteiger partial charge in [0.05, 0.1) is 10.5 Å². The maximum Gasteiger partial charge on any atom is 0.345 e. The van der Waals surface area contributed by atoms with Gasteiger partial charge < -0.3 is 4.74 Å². The Hall–Kier alpha value is -2.81. The van der Waals surface area contributed by atoms with Crippen molar-refractivity contribution in [3.05, 3.63) is 45.6 Å². The first kappa shape index (κ1) is 15.6. The van der Waals surface area contributed by atoms with Crippen molar-refractivity contribution in [3.8, 4) is 5.75 Å². The number of carbonyl (C=O) groups is 2. The van der Waals surface area contributed by atoms with E-state index in [2.05, 4.69) is 10.3 Å². The maximum atomic E-state index is 12.2. The van der Waals surface area contributed by atoms with E-state index in [4.69, 9.17) is 4.74 Å². The van der Waals surface area contributed by atoms with Crippen LogP contribution < -0.4 is 10.1 Å². The van der Waals surface area contributed by atoms with Crippen LogP contribution in [-0.4, -0.2) is 21.8 Å². The highest BCUT2D eigenvalue weighted by molar-refractivity contribution is 7.18. The standard InChI is InChI=1S/C13H11N3O5S/c1-7-4-3-5-9(11(7)21-8(2)17)12(18)15-13-14-6-10(22-13)16(19)20/h3-6H,1-2H3,(H,14,15,18). The lowest BCUT2D eigenvalue weighted by molar-refractivity contribution is -0.380. The summed E-state index contributed by atoms with van der Waals surface area (Å²) >= 11 is 0.738. The highest BCUT2D eigenvalue weighted by Gasteiger charge is 2.19. The highest BCUT2D eigenvalue weighted by Crippen LogP contribution is 2.28. The highest BCUT2D eigenvalue weighted by atomic mass is 32.1. The molecule has 0 aliphatic rings. The third-order valence-corrected chi connectivity index (χ3v) is 3.46. The Morgan fingerprint density at radius 2 is 2.14 bits per heavy atom.